The maximum absolute atomic E-state index is 2.39. The molecule has 5 aromatic carbocycles. The summed E-state index contributed by atoms with van der Waals surface area (Å²) in [6, 6.07) is 32.9. The van der Waals surface area contributed by atoms with Crippen LogP contribution in [0.4, 0.5) is 0 Å². The first-order chi connectivity index (χ1) is 20.8. The lowest BCUT2D eigenvalue weighted by Crippen LogP contribution is -1.89. The minimum atomic E-state index is 1.20. The topological polar surface area (TPSA) is 0 Å². The quantitative estimate of drug-likeness (QED) is 0.0761. The molecule has 0 radical (unpaired) electrons. The summed E-state index contributed by atoms with van der Waals surface area (Å²) in [4.78, 5) is 5.82. The van der Waals surface area contributed by atoms with Crippen molar-refractivity contribution in [3.8, 4) is 20.9 Å². The van der Waals surface area contributed by atoms with Crippen LogP contribution in [-0.2, 0) is 12.8 Å². The molecule has 0 fully saturated rings. The molecule has 2 heteroatoms. The van der Waals surface area contributed by atoms with Crippen molar-refractivity contribution in [3.63, 3.8) is 0 Å². The molecule has 0 nitrogen and oxygen atoms in total. The molecule has 7 rings (SSSR count). The molecule has 0 bridgehead atoms. The number of aryl methyl sites for hydroxylation is 2. The van der Waals surface area contributed by atoms with Crippen LogP contribution in [0.25, 0.3) is 64.0 Å². The van der Waals surface area contributed by atoms with E-state index >= 15 is 0 Å². The van der Waals surface area contributed by atoms with Gasteiger partial charge < -0.3 is 0 Å². The van der Waals surface area contributed by atoms with E-state index in [0.29, 0.717) is 0 Å². The van der Waals surface area contributed by atoms with E-state index in [1.807, 2.05) is 22.7 Å². The van der Waals surface area contributed by atoms with Crippen LogP contribution in [0.2, 0.25) is 0 Å². The Morgan fingerprint density at radius 3 is 1.29 bits per heavy atom. The van der Waals surface area contributed by atoms with Gasteiger partial charge in [-0.25, -0.2) is 0 Å². The fourth-order valence-electron chi connectivity index (χ4n) is 6.91. The van der Waals surface area contributed by atoms with Crippen LogP contribution in [0, 0.1) is 0 Å². The second kappa shape index (κ2) is 12.2. The predicted molar refractivity (Wildman–Crippen MR) is 190 cm³/mol. The summed E-state index contributed by atoms with van der Waals surface area (Å²) < 4.78 is 0. The van der Waals surface area contributed by atoms with Gasteiger partial charge >= 0.3 is 0 Å². The van der Waals surface area contributed by atoms with E-state index in [2.05, 4.69) is 98.8 Å². The Balaban J connectivity index is 1.32. The highest BCUT2D eigenvalue weighted by Gasteiger charge is 2.18. The van der Waals surface area contributed by atoms with E-state index in [-0.39, 0.29) is 0 Å². The average Bonchev–Trinajstić information content (AvgIpc) is 3.70. The standard InChI is InChI=1S/C40H40S2/c1-3-5-7-9-13-27-19-25-37(41-27)29-21-23-35-34-18-12-16-32-30(38-26-20-28(42-38)14-10-8-6-4-2)22-24-36(40(32)34)33-17-11-15-31(29)39(33)35/h11-12,15-26H,3-10,13-14H2,1-2H3. The van der Waals surface area contributed by atoms with Crippen LogP contribution < -0.4 is 0 Å². The van der Waals surface area contributed by atoms with Crippen molar-refractivity contribution in [1.82, 2.24) is 0 Å². The number of thiophene rings is 2. The molecule has 2 aromatic heterocycles. The molecule has 0 spiro atoms. The molecule has 0 aliphatic carbocycles. The summed E-state index contributed by atoms with van der Waals surface area (Å²) in [5.74, 6) is 0. The molecular formula is C40H40S2. The number of hydrogen-bond acceptors (Lipinski definition) is 2. The number of hydrogen-bond donors (Lipinski definition) is 0. The summed E-state index contributed by atoms with van der Waals surface area (Å²) >= 11 is 3.97. The van der Waals surface area contributed by atoms with E-state index in [9.17, 15) is 0 Å². The molecular weight excluding hydrogens is 545 g/mol. The number of rotatable bonds is 12. The average molecular weight is 585 g/mol. The SMILES string of the molecule is CCCCCCc1ccc(-c2ccc3c4cccc5c(-c6ccc(CCCCCC)s6)ccc(c6cccc2c63)c54)s1. The summed E-state index contributed by atoms with van der Waals surface area (Å²) in [6.07, 6.45) is 13.0. The maximum atomic E-state index is 2.39. The molecule has 42 heavy (non-hydrogen) atoms. The van der Waals surface area contributed by atoms with Crippen LogP contribution in [0.1, 0.15) is 75.0 Å². The molecule has 0 saturated heterocycles. The summed E-state index contributed by atoms with van der Waals surface area (Å²) in [7, 11) is 0. The molecule has 0 N–H and O–H groups in total. The third-order valence-electron chi connectivity index (χ3n) is 9.07. The Kier molecular flexibility index (Phi) is 8.02. The first kappa shape index (κ1) is 27.6. The van der Waals surface area contributed by atoms with Gasteiger partial charge in [0.2, 0.25) is 0 Å². The van der Waals surface area contributed by atoms with Crippen LogP contribution in [0.3, 0.4) is 0 Å². The Labute approximate surface area is 258 Å². The van der Waals surface area contributed by atoms with Crippen molar-refractivity contribution >= 4 is 65.8 Å². The van der Waals surface area contributed by atoms with Gasteiger partial charge in [0.15, 0.2) is 0 Å². The van der Waals surface area contributed by atoms with Crippen molar-refractivity contribution in [2.24, 2.45) is 0 Å². The largest absolute Gasteiger partial charge is 0.140 e. The van der Waals surface area contributed by atoms with Crippen LogP contribution in [0.5, 0.6) is 0 Å². The van der Waals surface area contributed by atoms with Gasteiger partial charge in [0.05, 0.1) is 0 Å². The zero-order valence-electron chi connectivity index (χ0n) is 25.0. The number of fused-ring (bicyclic) bond motifs is 2. The third kappa shape index (κ3) is 5.03. The second-order valence-corrected chi connectivity index (χ2v) is 14.3. The smallest absolute Gasteiger partial charge is 0.0351 e. The summed E-state index contributed by atoms with van der Waals surface area (Å²) in [5, 5.41) is 11.1. The number of benzene rings is 5. The lowest BCUT2D eigenvalue weighted by Gasteiger charge is -2.17. The number of unbranched alkanes of at least 4 members (excludes halogenated alkanes) is 6. The van der Waals surface area contributed by atoms with Crippen molar-refractivity contribution in [3.05, 3.63) is 94.7 Å². The van der Waals surface area contributed by atoms with Gasteiger partial charge in [-0.05, 0) is 104 Å². The van der Waals surface area contributed by atoms with Gasteiger partial charge in [-0.3, -0.25) is 0 Å². The van der Waals surface area contributed by atoms with E-state index in [0.717, 1.165) is 0 Å². The van der Waals surface area contributed by atoms with Crippen molar-refractivity contribution in [2.45, 2.75) is 78.1 Å². The van der Waals surface area contributed by atoms with E-state index < -0.39 is 0 Å². The van der Waals surface area contributed by atoms with E-state index in [1.54, 1.807) is 0 Å². The zero-order valence-corrected chi connectivity index (χ0v) is 26.6. The minimum Gasteiger partial charge on any atom is -0.140 e. The lowest BCUT2D eigenvalue weighted by atomic mass is 9.87. The van der Waals surface area contributed by atoms with Crippen molar-refractivity contribution in [2.75, 3.05) is 0 Å². The third-order valence-corrected chi connectivity index (χ3v) is 11.4. The summed E-state index contributed by atoms with van der Waals surface area (Å²) in [5.41, 5.74) is 2.75. The van der Waals surface area contributed by atoms with Gasteiger partial charge in [0, 0.05) is 19.5 Å². The zero-order chi connectivity index (χ0) is 28.5. The minimum absolute atomic E-state index is 1.20. The van der Waals surface area contributed by atoms with Crippen molar-refractivity contribution in [1.29, 1.82) is 0 Å². The summed E-state index contributed by atoms with van der Waals surface area (Å²) in [6.45, 7) is 4.57. The lowest BCUT2D eigenvalue weighted by molar-refractivity contribution is 0.670. The highest BCUT2D eigenvalue weighted by molar-refractivity contribution is 7.16. The monoisotopic (exact) mass is 584 g/mol. The Hall–Kier alpha value is -3.20. The molecule has 2 heterocycles. The second-order valence-electron chi connectivity index (χ2n) is 11.9. The fourth-order valence-corrected chi connectivity index (χ4v) is 9.08. The van der Waals surface area contributed by atoms with Crippen molar-refractivity contribution < 1.29 is 0 Å². The van der Waals surface area contributed by atoms with Crippen LogP contribution in [-0.4, -0.2) is 0 Å². The Bertz CT molecular complexity index is 1800. The van der Waals surface area contributed by atoms with Gasteiger partial charge in [0.25, 0.3) is 0 Å². The Morgan fingerprint density at radius 2 is 0.833 bits per heavy atom. The fraction of sp³-hybridized carbons (Fsp3) is 0.300. The molecule has 0 atom stereocenters. The Morgan fingerprint density at radius 1 is 0.405 bits per heavy atom. The predicted octanol–water partition coefficient (Wildman–Crippen LogP) is 13.4. The van der Waals surface area contributed by atoms with E-state index in [4.69, 9.17) is 0 Å². The van der Waals surface area contributed by atoms with Gasteiger partial charge in [0.1, 0.15) is 0 Å². The molecule has 0 aliphatic heterocycles. The first-order valence-corrected chi connectivity index (χ1v) is 17.7. The van der Waals surface area contributed by atoms with E-state index in [1.165, 1.54) is 138 Å². The molecule has 212 valence electrons. The molecule has 7 aromatic rings. The van der Waals surface area contributed by atoms with Crippen LogP contribution in [0.15, 0.2) is 84.9 Å². The molecule has 0 unspecified atom stereocenters. The van der Waals surface area contributed by atoms with Gasteiger partial charge in [-0.1, -0.05) is 113 Å². The van der Waals surface area contributed by atoms with Crippen LogP contribution >= 0.6 is 22.7 Å². The van der Waals surface area contributed by atoms with Gasteiger partial charge in [-0.15, -0.1) is 22.7 Å². The normalized spacial score (nSPS) is 12.0. The highest BCUT2D eigenvalue weighted by atomic mass is 32.1. The molecule has 0 amide bonds. The van der Waals surface area contributed by atoms with Gasteiger partial charge in [-0.2, -0.15) is 0 Å². The molecule has 0 aliphatic rings. The first-order valence-electron chi connectivity index (χ1n) is 16.1. The molecule has 0 saturated carbocycles. The maximum Gasteiger partial charge on any atom is 0.0351 e. The highest BCUT2D eigenvalue weighted by Crippen LogP contribution is 2.46.